The molecule has 0 aliphatic rings. The van der Waals surface area contributed by atoms with Crippen molar-refractivity contribution in [3.05, 3.63) is 45.0 Å². The second-order valence-corrected chi connectivity index (χ2v) is 4.27. The first-order valence-electron chi connectivity index (χ1n) is 4.86. The van der Waals surface area contributed by atoms with E-state index in [1.165, 1.54) is 0 Å². The third-order valence-corrected chi connectivity index (χ3v) is 2.62. The zero-order valence-electron chi connectivity index (χ0n) is 9.00. The van der Waals surface area contributed by atoms with Gasteiger partial charge >= 0.3 is 5.69 Å². The Morgan fingerprint density at radius 2 is 2.00 bits per heavy atom. The minimum absolute atomic E-state index is 0.0276. The van der Waals surface area contributed by atoms with E-state index < -0.39 is 4.92 Å². The van der Waals surface area contributed by atoms with Crippen LogP contribution in [-0.4, -0.2) is 14.9 Å². The van der Waals surface area contributed by atoms with E-state index >= 15 is 0 Å². The van der Waals surface area contributed by atoms with Gasteiger partial charge in [-0.15, -0.1) is 0 Å². The molecule has 0 aliphatic carbocycles. The fraction of sp³-hybridized carbons (Fsp3) is 0. The van der Waals surface area contributed by atoms with Gasteiger partial charge in [0.1, 0.15) is 6.20 Å². The molecule has 92 valence electrons. The molecule has 0 fully saturated rings. The topological polar surface area (TPSA) is 107 Å². The second kappa shape index (κ2) is 4.96. The monoisotopic (exact) mass is 309 g/mol. The number of benzene rings is 1. The molecule has 1 heterocycles. The molecule has 0 bridgehead atoms. The minimum atomic E-state index is -0.569. The Morgan fingerprint density at radius 1 is 1.33 bits per heavy atom. The fourth-order valence-corrected chi connectivity index (χ4v) is 1.55. The van der Waals surface area contributed by atoms with Crippen LogP contribution < -0.4 is 11.1 Å². The lowest BCUT2D eigenvalue weighted by molar-refractivity contribution is -0.384. The summed E-state index contributed by atoms with van der Waals surface area (Å²) in [5.41, 5.74) is 5.85. The van der Waals surface area contributed by atoms with Crippen LogP contribution >= 0.6 is 15.9 Å². The highest BCUT2D eigenvalue weighted by Gasteiger charge is 2.16. The molecule has 3 N–H and O–H groups in total. The van der Waals surface area contributed by atoms with E-state index in [1.54, 1.807) is 24.3 Å². The summed E-state index contributed by atoms with van der Waals surface area (Å²) in [7, 11) is 0. The van der Waals surface area contributed by atoms with E-state index in [0.717, 1.165) is 10.7 Å². The van der Waals surface area contributed by atoms with Gasteiger partial charge in [-0.05, 0) is 24.3 Å². The van der Waals surface area contributed by atoms with Crippen LogP contribution in [0.25, 0.3) is 0 Å². The number of rotatable bonds is 3. The van der Waals surface area contributed by atoms with E-state index in [4.69, 9.17) is 5.73 Å². The summed E-state index contributed by atoms with van der Waals surface area (Å²) in [6, 6.07) is 7.12. The Morgan fingerprint density at radius 3 is 2.61 bits per heavy atom. The number of anilines is 3. The van der Waals surface area contributed by atoms with Gasteiger partial charge < -0.3 is 11.1 Å². The summed E-state index contributed by atoms with van der Waals surface area (Å²) in [6.45, 7) is 0. The zero-order valence-corrected chi connectivity index (χ0v) is 10.6. The van der Waals surface area contributed by atoms with E-state index in [-0.39, 0.29) is 17.5 Å². The predicted molar refractivity (Wildman–Crippen MR) is 70.5 cm³/mol. The van der Waals surface area contributed by atoms with Gasteiger partial charge in [-0.3, -0.25) is 10.1 Å². The molecule has 0 saturated heterocycles. The normalized spacial score (nSPS) is 10.1. The molecule has 0 amide bonds. The Balaban J connectivity index is 2.35. The maximum Gasteiger partial charge on any atom is 0.329 e. The van der Waals surface area contributed by atoms with Crippen LogP contribution in [0.4, 0.5) is 23.1 Å². The van der Waals surface area contributed by atoms with Crippen molar-refractivity contribution in [2.75, 3.05) is 11.1 Å². The Hall–Kier alpha value is -2.22. The van der Waals surface area contributed by atoms with Crippen LogP contribution in [-0.2, 0) is 0 Å². The summed E-state index contributed by atoms with van der Waals surface area (Å²) in [5, 5.41) is 13.6. The van der Waals surface area contributed by atoms with Crippen LogP contribution in [0.1, 0.15) is 0 Å². The molecule has 0 saturated carbocycles. The maximum atomic E-state index is 10.8. The van der Waals surface area contributed by atoms with Crippen molar-refractivity contribution in [3.8, 4) is 0 Å². The number of nitrogens with two attached hydrogens (primary N) is 1. The van der Waals surface area contributed by atoms with Crippen molar-refractivity contribution in [2.45, 2.75) is 0 Å². The van der Waals surface area contributed by atoms with Crippen molar-refractivity contribution >= 4 is 39.1 Å². The Labute approximate surface area is 110 Å². The van der Waals surface area contributed by atoms with Gasteiger partial charge in [0.25, 0.3) is 0 Å². The molecule has 0 radical (unpaired) electrons. The van der Waals surface area contributed by atoms with Crippen molar-refractivity contribution in [1.82, 2.24) is 9.97 Å². The second-order valence-electron chi connectivity index (χ2n) is 3.35. The quantitative estimate of drug-likeness (QED) is 0.666. The predicted octanol–water partition coefficient (Wildman–Crippen LogP) is 2.47. The highest BCUT2D eigenvalue weighted by atomic mass is 79.9. The maximum absolute atomic E-state index is 10.8. The molecule has 1 aromatic carbocycles. The summed E-state index contributed by atoms with van der Waals surface area (Å²) in [4.78, 5) is 17.7. The summed E-state index contributed by atoms with van der Waals surface area (Å²) >= 11 is 3.30. The molecular formula is C10H8BrN5O2. The number of hydrogen-bond acceptors (Lipinski definition) is 6. The number of aromatic nitrogens is 2. The largest absolute Gasteiger partial charge is 0.368 e. The fourth-order valence-electron chi connectivity index (χ4n) is 1.28. The molecule has 8 heteroatoms. The van der Waals surface area contributed by atoms with Gasteiger partial charge in [0.05, 0.1) is 4.92 Å². The van der Waals surface area contributed by atoms with Crippen LogP contribution in [0.2, 0.25) is 0 Å². The lowest BCUT2D eigenvalue weighted by Gasteiger charge is -2.06. The van der Waals surface area contributed by atoms with Gasteiger partial charge in [-0.25, -0.2) is 4.98 Å². The number of hydrogen-bond donors (Lipinski definition) is 2. The molecule has 0 atom stereocenters. The summed E-state index contributed by atoms with van der Waals surface area (Å²) < 4.78 is 0.907. The number of halogens is 1. The Kier molecular flexibility index (Phi) is 3.38. The summed E-state index contributed by atoms with van der Waals surface area (Å²) in [6.07, 6.45) is 1.07. The SMILES string of the molecule is Nc1ncc([N+](=O)[O-])c(Nc2ccc(Br)cc2)n1. The summed E-state index contributed by atoms with van der Waals surface area (Å²) in [5.74, 6) is 0.0371. The lowest BCUT2D eigenvalue weighted by Crippen LogP contribution is -2.03. The molecule has 7 nitrogen and oxygen atoms in total. The molecular weight excluding hydrogens is 302 g/mol. The van der Waals surface area contributed by atoms with Crippen molar-refractivity contribution < 1.29 is 4.92 Å². The molecule has 0 spiro atoms. The average Bonchev–Trinajstić information content (AvgIpc) is 2.32. The average molecular weight is 310 g/mol. The van der Waals surface area contributed by atoms with E-state index in [1.807, 2.05) is 0 Å². The lowest BCUT2D eigenvalue weighted by atomic mass is 10.3. The molecule has 0 unspecified atom stereocenters. The molecule has 2 rings (SSSR count). The Bertz CT molecular complexity index is 587. The number of nitrogen functional groups attached to an aromatic ring is 1. The molecule has 18 heavy (non-hydrogen) atoms. The van der Waals surface area contributed by atoms with Gasteiger partial charge in [0.15, 0.2) is 0 Å². The number of nitro groups is 1. The number of nitrogens with one attached hydrogen (secondary N) is 1. The third kappa shape index (κ3) is 2.72. The van der Waals surface area contributed by atoms with Crippen LogP contribution in [0.3, 0.4) is 0 Å². The first-order valence-corrected chi connectivity index (χ1v) is 5.65. The van der Waals surface area contributed by atoms with Crippen molar-refractivity contribution in [3.63, 3.8) is 0 Å². The molecule has 2 aromatic rings. The van der Waals surface area contributed by atoms with E-state index in [0.29, 0.717) is 5.69 Å². The van der Waals surface area contributed by atoms with Gasteiger partial charge in [0, 0.05) is 10.2 Å². The van der Waals surface area contributed by atoms with Crippen molar-refractivity contribution in [2.24, 2.45) is 0 Å². The third-order valence-electron chi connectivity index (χ3n) is 2.09. The molecule has 1 aromatic heterocycles. The van der Waals surface area contributed by atoms with Gasteiger partial charge in [0.2, 0.25) is 11.8 Å². The standard InChI is InChI=1S/C10H8BrN5O2/c11-6-1-3-7(4-2-6)14-9-8(16(17)18)5-13-10(12)15-9/h1-5H,(H3,12,13,14,15). The first kappa shape index (κ1) is 12.2. The van der Waals surface area contributed by atoms with Crippen LogP contribution in [0, 0.1) is 10.1 Å². The van der Waals surface area contributed by atoms with E-state index in [9.17, 15) is 10.1 Å². The van der Waals surface area contributed by atoms with E-state index in [2.05, 4.69) is 31.2 Å². The van der Waals surface area contributed by atoms with Gasteiger partial charge in [-0.1, -0.05) is 15.9 Å². The smallest absolute Gasteiger partial charge is 0.329 e. The number of nitrogens with zero attached hydrogens (tertiary/aromatic N) is 3. The van der Waals surface area contributed by atoms with Crippen molar-refractivity contribution in [1.29, 1.82) is 0 Å². The highest BCUT2D eigenvalue weighted by Crippen LogP contribution is 2.25. The first-order chi connectivity index (χ1) is 8.56. The van der Waals surface area contributed by atoms with Gasteiger partial charge in [-0.2, -0.15) is 4.98 Å². The van der Waals surface area contributed by atoms with Crippen LogP contribution in [0.15, 0.2) is 34.9 Å². The highest BCUT2D eigenvalue weighted by molar-refractivity contribution is 9.10. The minimum Gasteiger partial charge on any atom is -0.368 e. The molecule has 0 aliphatic heterocycles. The zero-order chi connectivity index (χ0) is 13.1. The van der Waals surface area contributed by atoms with Crippen LogP contribution in [0.5, 0.6) is 0 Å².